The molecule has 0 aromatic carbocycles. The van der Waals surface area contributed by atoms with Gasteiger partial charge in [-0.3, -0.25) is 9.36 Å². The van der Waals surface area contributed by atoms with Crippen LogP contribution in [0, 0.1) is 3.57 Å². The lowest BCUT2D eigenvalue weighted by Gasteiger charge is -2.05. The Morgan fingerprint density at radius 3 is 2.88 bits per heavy atom. The van der Waals surface area contributed by atoms with Gasteiger partial charge < -0.3 is 4.57 Å². The van der Waals surface area contributed by atoms with E-state index >= 15 is 0 Å². The van der Waals surface area contributed by atoms with E-state index in [9.17, 15) is 9.59 Å². The summed E-state index contributed by atoms with van der Waals surface area (Å²) in [7, 11) is 1.63. The number of rotatable bonds is 2. The van der Waals surface area contributed by atoms with Crippen LogP contribution in [-0.4, -0.2) is 14.1 Å². The minimum absolute atomic E-state index is 0.236. The van der Waals surface area contributed by atoms with E-state index in [1.54, 1.807) is 13.2 Å². The first-order chi connectivity index (χ1) is 7.59. The van der Waals surface area contributed by atoms with Crippen LogP contribution < -0.4 is 11.2 Å². The molecule has 84 valence electrons. The van der Waals surface area contributed by atoms with Crippen LogP contribution >= 0.6 is 33.9 Å². The van der Waals surface area contributed by atoms with Crippen LogP contribution in [-0.2, 0) is 13.6 Å². The molecule has 16 heavy (non-hydrogen) atoms. The number of halogens is 1. The third kappa shape index (κ3) is 2.09. The van der Waals surface area contributed by atoms with Crippen LogP contribution in [0.2, 0.25) is 0 Å². The molecule has 0 N–H and O–H groups in total. The summed E-state index contributed by atoms with van der Waals surface area (Å²) in [6.07, 6.45) is 3.19. The summed E-state index contributed by atoms with van der Waals surface area (Å²) < 4.78 is 3.12. The van der Waals surface area contributed by atoms with E-state index in [0.29, 0.717) is 3.57 Å². The fourth-order valence-corrected chi connectivity index (χ4v) is 2.61. The van der Waals surface area contributed by atoms with Crippen LogP contribution in [0.25, 0.3) is 0 Å². The molecule has 0 aliphatic carbocycles. The zero-order chi connectivity index (χ0) is 11.7. The molecule has 0 fully saturated rings. The highest BCUT2D eigenvalue weighted by molar-refractivity contribution is 14.1. The molecule has 0 bridgehead atoms. The van der Waals surface area contributed by atoms with Crippen LogP contribution in [0.5, 0.6) is 0 Å². The van der Waals surface area contributed by atoms with Crippen molar-refractivity contribution in [3.63, 3.8) is 0 Å². The smallest absolute Gasteiger partial charge is 0.302 e. The Balaban J connectivity index is 2.56. The molecule has 0 radical (unpaired) electrons. The minimum Gasteiger partial charge on any atom is -0.302 e. The molecule has 0 amide bonds. The Bertz CT molecular complexity index is 580. The Morgan fingerprint density at radius 2 is 2.25 bits per heavy atom. The van der Waals surface area contributed by atoms with Crippen LogP contribution in [0.3, 0.4) is 0 Å². The average molecular weight is 349 g/mol. The molecule has 2 aromatic heterocycles. The number of aryl methyl sites for hydroxylation is 1. The number of hydrogen-bond donors (Lipinski definition) is 0. The summed E-state index contributed by atoms with van der Waals surface area (Å²) >= 11 is 3.35. The van der Waals surface area contributed by atoms with Crippen molar-refractivity contribution in [2.75, 3.05) is 0 Å². The summed E-state index contributed by atoms with van der Waals surface area (Å²) in [5, 5.41) is 2.57. The highest BCUT2D eigenvalue weighted by Gasteiger charge is 2.09. The highest BCUT2D eigenvalue weighted by atomic mass is 127. The molecule has 2 heterocycles. The summed E-state index contributed by atoms with van der Waals surface area (Å²) in [6, 6.07) is 0. The predicted molar refractivity (Wildman–Crippen MR) is 69.9 cm³/mol. The number of aromatic nitrogens is 3. The summed E-state index contributed by atoms with van der Waals surface area (Å²) in [6.45, 7) is 0.236. The lowest BCUT2D eigenvalue weighted by molar-refractivity contribution is 0.632. The molecule has 2 rings (SSSR count). The topological polar surface area (TPSA) is 56.9 Å². The zero-order valence-corrected chi connectivity index (χ0v) is 11.4. The molecule has 5 nitrogen and oxygen atoms in total. The minimum atomic E-state index is -0.319. The Morgan fingerprint density at radius 1 is 1.50 bits per heavy atom. The van der Waals surface area contributed by atoms with Gasteiger partial charge in [-0.1, -0.05) is 0 Å². The molecule has 0 saturated heterocycles. The second-order valence-corrected chi connectivity index (χ2v) is 5.33. The monoisotopic (exact) mass is 349 g/mol. The van der Waals surface area contributed by atoms with E-state index in [1.165, 1.54) is 26.7 Å². The molecule has 0 aliphatic rings. The number of nitrogens with zero attached hydrogens (tertiary/aromatic N) is 3. The van der Waals surface area contributed by atoms with Gasteiger partial charge in [0.15, 0.2) is 0 Å². The second-order valence-electron chi connectivity index (χ2n) is 3.19. The standard InChI is InChI=1S/C9H8IN3O2S/c1-12-4-6(10)8(14)13(9(12)15)5-7-11-2-3-16-7/h2-4H,5H2,1H3. The van der Waals surface area contributed by atoms with E-state index in [4.69, 9.17) is 0 Å². The van der Waals surface area contributed by atoms with Gasteiger partial charge in [0, 0.05) is 24.8 Å². The van der Waals surface area contributed by atoms with E-state index in [-0.39, 0.29) is 17.8 Å². The van der Waals surface area contributed by atoms with Gasteiger partial charge >= 0.3 is 5.69 Å². The van der Waals surface area contributed by atoms with Crippen molar-refractivity contribution in [3.05, 3.63) is 47.2 Å². The van der Waals surface area contributed by atoms with Gasteiger partial charge in [-0.05, 0) is 22.6 Å². The lowest BCUT2D eigenvalue weighted by atomic mass is 10.5. The Kier molecular flexibility index (Phi) is 3.24. The van der Waals surface area contributed by atoms with Gasteiger partial charge in [-0.2, -0.15) is 0 Å². The third-order valence-electron chi connectivity index (χ3n) is 2.07. The molecule has 0 atom stereocenters. The van der Waals surface area contributed by atoms with Crippen molar-refractivity contribution in [1.82, 2.24) is 14.1 Å². The Hall–Kier alpha value is -0.960. The maximum absolute atomic E-state index is 11.8. The maximum atomic E-state index is 11.8. The summed E-state index contributed by atoms with van der Waals surface area (Å²) in [5.41, 5.74) is -0.584. The molecule has 0 spiro atoms. The molecule has 7 heteroatoms. The largest absolute Gasteiger partial charge is 0.331 e. The summed E-state index contributed by atoms with van der Waals surface area (Å²) in [4.78, 5) is 27.6. The molecule has 2 aromatic rings. The number of hydrogen-bond acceptors (Lipinski definition) is 4. The van der Waals surface area contributed by atoms with Crippen LogP contribution in [0.1, 0.15) is 5.01 Å². The molecule has 0 aliphatic heterocycles. The SMILES string of the molecule is Cn1cc(I)c(=O)n(Cc2nccs2)c1=O. The fourth-order valence-electron chi connectivity index (χ4n) is 1.29. The van der Waals surface area contributed by atoms with E-state index in [2.05, 4.69) is 4.98 Å². The van der Waals surface area contributed by atoms with Crippen molar-refractivity contribution >= 4 is 33.9 Å². The molecule has 0 saturated carbocycles. The first-order valence-electron chi connectivity index (χ1n) is 4.44. The van der Waals surface area contributed by atoms with Gasteiger partial charge in [-0.15, -0.1) is 11.3 Å². The highest BCUT2D eigenvalue weighted by Crippen LogP contribution is 2.04. The quantitative estimate of drug-likeness (QED) is 0.749. The van der Waals surface area contributed by atoms with Crippen molar-refractivity contribution in [2.24, 2.45) is 7.05 Å². The van der Waals surface area contributed by atoms with Gasteiger partial charge in [0.2, 0.25) is 0 Å². The van der Waals surface area contributed by atoms with E-state index in [1.807, 2.05) is 28.0 Å². The summed E-state index contributed by atoms with van der Waals surface area (Å²) in [5.74, 6) is 0. The number of thiazole rings is 1. The lowest BCUT2D eigenvalue weighted by Crippen LogP contribution is -2.40. The van der Waals surface area contributed by atoms with Gasteiger partial charge in [-0.25, -0.2) is 9.78 Å². The molecule has 0 unspecified atom stereocenters. The van der Waals surface area contributed by atoms with Gasteiger partial charge in [0.05, 0.1) is 10.1 Å². The first kappa shape index (κ1) is 11.5. The van der Waals surface area contributed by atoms with Crippen molar-refractivity contribution < 1.29 is 0 Å². The van der Waals surface area contributed by atoms with Crippen molar-refractivity contribution in [3.8, 4) is 0 Å². The van der Waals surface area contributed by atoms with E-state index in [0.717, 1.165) is 5.01 Å². The van der Waals surface area contributed by atoms with Gasteiger partial charge in [0.25, 0.3) is 5.56 Å². The van der Waals surface area contributed by atoms with Crippen LogP contribution in [0.4, 0.5) is 0 Å². The van der Waals surface area contributed by atoms with Gasteiger partial charge in [0.1, 0.15) is 5.01 Å². The average Bonchev–Trinajstić information content (AvgIpc) is 2.74. The third-order valence-corrected chi connectivity index (χ3v) is 3.57. The second kappa shape index (κ2) is 4.50. The van der Waals surface area contributed by atoms with E-state index < -0.39 is 0 Å². The van der Waals surface area contributed by atoms with Crippen molar-refractivity contribution in [2.45, 2.75) is 6.54 Å². The van der Waals surface area contributed by atoms with Crippen molar-refractivity contribution in [1.29, 1.82) is 0 Å². The first-order valence-corrected chi connectivity index (χ1v) is 6.40. The maximum Gasteiger partial charge on any atom is 0.331 e. The normalized spacial score (nSPS) is 10.6. The Labute approximate surface area is 109 Å². The predicted octanol–water partition coefficient (Wildman–Crippen LogP) is 0.656. The molecular weight excluding hydrogens is 341 g/mol. The zero-order valence-electron chi connectivity index (χ0n) is 8.38. The fraction of sp³-hybridized carbons (Fsp3) is 0.222. The van der Waals surface area contributed by atoms with Crippen LogP contribution in [0.15, 0.2) is 27.4 Å². The molecular formula is C9H8IN3O2S.